The highest BCUT2D eigenvalue weighted by Crippen LogP contribution is 2.28. The van der Waals surface area contributed by atoms with Crippen molar-refractivity contribution >= 4 is 0 Å². The molecule has 2 nitrogen and oxygen atoms in total. The zero-order valence-corrected chi connectivity index (χ0v) is 6.55. The van der Waals surface area contributed by atoms with E-state index in [2.05, 4.69) is 11.8 Å². The maximum absolute atomic E-state index is 5.38. The van der Waals surface area contributed by atoms with E-state index in [1.165, 1.54) is 19.6 Å². The van der Waals surface area contributed by atoms with E-state index in [0.717, 1.165) is 25.0 Å². The molecule has 0 unspecified atom stereocenters. The number of rotatable bonds is 1. The van der Waals surface area contributed by atoms with Crippen molar-refractivity contribution in [2.75, 3.05) is 32.8 Å². The van der Waals surface area contributed by atoms with Crippen LogP contribution in [-0.4, -0.2) is 37.7 Å². The van der Waals surface area contributed by atoms with Gasteiger partial charge in [0.05, 0.1) is 13.2 Å². The van der Waals surface area contributed by atoms with Crippen molar-refractivity contribution in [2.45, 2.75) is 6.92 Å². The lowest BCUT2D eigenvalue weighted by molar-refractivity contribution is 0.156. The molecule has 0 amide bonds. The van der Waals surface area contributed by atoms with E-state index in [1.807, 2.05) is 0 Å². The Balaban J connectivity index is 1.94. The van der Waals surface area contributed by atoms with Crippen LogP contribution in [0.2, 0.25) is 0 Å². The van der Waals surface area contributed by atoms with Gasteiger partial charge >= 0.3 is 0 Å². The highest BCUT2D eigenvalue weighted by atomic mass is 16.5. The third-order valence-electron chi connectivity index (χ3n) is 2.76. The van der Waals surface area contributed by atoms with E-state index >= 15 is 0 Å². The Morgan fingerprint density at radius 2 is 1.90 bits per heavy atom. The molecule has 2 heterocycles. The van der Waals surface area contributed by atoms with Crippen molar-refractivity contribution in [3.8, 4) is 0 Å². The summed E-state index contributed by atoms with van der Waals surface area (Å²) in [6.45, 7) is 8.04. The minimum atomic E-state index is 0.861. The van der Waals surface area contributed by atoms with Crippen molar-refractivity contribution in [3.05, 3.63) is 0 Å². The molecule has 2 saturated heterocycles. The number of nitrogens with zero attached hydrogens (tertiary/aromatic N) is 1. The second-order valence-electron chi connectivity index (χ2n) is 3.41. The van der Waals surface area contributed by atoms with Crippen molar-refractivity contribution < 1.29 is 4.74 Å². The Hall–Kier alpha value is -0.0800. The van der Waals surface area contributed by atoms with Gasteiger partial charge in [-0.15, -0.1) is 0 Å². The Morgan fingerprint density at radius 3 is 2.40 bits per heavy atom. The van der Waals surface area contributed by atoms with Gasteiger partial charge in [0.1, 0.15) is 0 Å². The predicted octanol–water partition coefficient (Wildman–Crippen LogP) is 0.585. The number of hydrogen-bond acceptors (Lipinski definition) is 2. The van der Waals surface area contributed by atoms with Crippen LogP contribution in [0.25, 0.3) is 0 Å². The molecule has 0 aromatic heterocycles. The van der Waals surface area contributed by atoms with Gasteiger partial charge in [-0.05, 0) is 6.54 Å². The van der Waals surface area contributed by atoms with Crippen LogP contribution in [0.5, 0.6) is 0 Å². The molecule has 2 heteroatoms. The minimum Gasteiger partial charge on any atom is -0.381 e. The van der Waals surface area contributed by atoms with E-state index in [0.29, 0.717) is 0 Å². The molecule has 0 saturated carbocycles. The molecule has 0 aromatic carbocycles. The highest BCUT2D eigenvalue weighted by molar-refractivity contribution is 4.86. The molecule has 2 aliphatic rings. The van der Waals surface area contributed by atoms with Crippen LogP contribution in [-0.2, 0) is 4.74 Å². The summed E-state index contributed by atoms with van der Waals surface area (Å²) in [4.78, 5) is 2.53. The summed E-state index contributed by atoms with van der Waals surface area (Å²) in [5.74, 6) is 1.72. The fourth-order valence-electron chi connectivity index (χ4n) is 2.04. The molecule has 0 N–H and O–H groups in total. The molecular weight excluding hydrogens is 126 g/mol. The normalized spacial score (nSPS) is 40.5. The van der Waals surface area contributed by atoms with Gasteiger partial charge < -0.3 is 9.64 Å². The van der Waals surface area contributed by atoms with Crippen LogP contribution >= 0.6 is 0 Å². The summed E-state index contributed by atoms with van der Waals surface area (Å²) >= 11 is 0. The first-order valence-electron chi connectivity index (χ1n) is 4.20. The molecule has 0 radical (unpaired) electrons. The van der Waals surface area contributed by atoms with E-state index in [9.17, 15) is 0 Å². The lowest BCUT2D eigenvalue weighted by Gasteiger charge is -2.12. The summed E-state index contributed by atoms with van der Waals surface area (Å²) in [5.41, 5.74) is 0. The van der Waals surface area contributed by atoms with Crippen molar-refractivity contribution in [1.82, 2.24) is 4.90 Å². The second-order valence-corrected chi connectivity index (χ2v) is 3.41. The van der Waals surface area contributed by atoms with Gasteiger partial charge in [0.15, 0.2) is 0 Å². The largest absolute Gasteiger partial charge is 0.381 e. The van der Waals surface area contributed by atoms with Crippen molar-refractivity contribution in [1.29, 1.82) is 0 Å². The van der Waals surface area contributed by atoms with Gasteiger partial charge in [-0.25, -0.2) is 0 Å². The number of ether oxygens (including phenoxy) is 1. The smallest absolute Gasteiger partial charge is 0.0510 e. The Bertz CT molecular complexity index is 114. The lowest BCUT2D eigenvalue weighted by Crippen LogP contribution is -2.22. The summed E-state index contributed by atoms with van der Waals surface area (Å²) in [6, 6.07) is 0. The highest BCUT2D eigenvalue weighted by Gasteiger charge is 2.35. The third kappa shape index (κ3) is 0.956. The van der Waals surface area contributed by atoms with Gasteiger partial charge in [-0.2, -0.15) is 0 Å². The summed E-state index contributed by atoms with van der Waals surface area (Å²) in [7, 11) is 0. The molecule has 2 rings (SSSR count). The molecule has 0 bridgehead atoms. The van der Waals surface area contributed by atoms with E-state index < -0.39 is 0 Å². The topological polar surface area (TPSA) is 12.5 Å². The van der Waals surface area contributed by atoms with Crippen molar-refractivity contribution in [2.24, 2.45) is 11.8 Å². The fourth-order valence-corrected chi connectivity index (χ4v) is 2.04. The fraction of sp³-hybridized carbons (Fsp3) is 1.00. The van der Waals surface area contributed by atoms with Gasteiger partial charge in [0.25, 0.3) is 0 Å². The van der Waals surface area contributed by atoms with E-state index in [4.69, 9.17) is 4.74 Å². The Labute approximate surface area is 62.2 Å². The first kappa shape index (κ1) is 6.62. The van der Waals surface area contributed by atoms with Crippen LogP contribution in [0.1, 0.15) is 6.92 Å². The van der Waals surface area contributed by atoms with Gasteiger partial charge in [-0.3, -0.25) is 0 Å². The van der Waals surface area contributed by atoms with Gasteiger partial charge in [0.2, 0.25) is 0 Å². The summed E-state index contributed by atoms with van der Waals surface area (Å²) < 4.78 is 5.38. The summed E-state index contributed by atoms with van der Waals surface area (Å²) in [5, 5.41) is 0. The molecule has 2 atom stereocenters. The molecule has 2 aliphatic heterocycles. The zero-order chi connectivity index (χ0) is 6.97. The van der Waals surface area contributed by atoms with Gasteiger partial charge in [0, 0.05) is 24.9 Å². The lowest BCUT2D eigenvalue weighted by atomic mass is 10.0. The molecular formula is C8H15NO. The van der Waals surface area contributed by atoms with Crippen LogP contribution in [0.15, 0.2) is 0 Å². The van der Waals surface area contributed by atoms with Crippen LogP contribution < -0.4 is 0 Å². The Morgan fingerprint density at radius 1 is 1.30 bits per heavy atom. The van der Waals surface area contributed by atoms with E-state index in [1.54, 1.807) is 0 Å². The average molecular weight is 141 g/mol. The zero-order valence-electron chi connectivity index (χ0n) is 6.55. The molecule has 0 aromatic rings. The van der Waals surface area contributed by atoms with Crippen LogP contribution in [0, 0.1) is 11.8 Å². The quantitative estimate of drug-likeness (QED) is 0.530. The van der Waals surface area contributed by atoms with Gasteiger partial charge in [-0.1, -0.05) is 6.92 Å². The monoisotopic (exact) mass is 141 g/mol. The number of likely N-dealkylation sites (tertiary alicyclic amines) is 1. The van der Waals surface area contributed by atoms with Crippen LogP contribution in [0.3, 0.4) is 0 Å². The third-order valence-corrected chi connectivity index (χ3v) is 2.76. The molecule has 0 spiro atoms. The first-order valence-corrected chi connectivity index (χ1v) is 4.20. The molecule has 58 valence electrons. The van der Waals surface area contributed by atoms with Crippen LogP contribution in [0.4, 0.5) is 0 Å². The minimum absolute atomic E-state index is 0.861. The predicted molar refractivity (Wildman–Crippen MR) is 39.9 cm³/mol. The maximum Gasteiger partial charge on any atom is 0.0510 e. The Kier molecular flexibility index (Phi) is 1.66. The SMILES string of the molecule is CCN1C[C@H]2COC[C@H]2C1. The molecule has 10 heavy (non-hydrogen) atoms. The summed E-state index contributed by atoms with van der Waals surface area (Å²) in [6.07, 6.45) is 0. The number of fused-ring (bicyclic) bond motifs is 1. The second kappa shape index (κ2) is 2.51. The first-order chi connectivity index (χ1) is 4.90. The number of hydrogen-bond donors (Lipinski definition) is 0. The van der Waals surface area contributed by atoms with Crippen molar-refractivity contribution in [3.63, 3.8) is 0 Å². The molecule has 2 fully saturated rings. The molecule has 0 aliphatic carbocycles. The maximum atomic E-state index is 5.38. The average Bonchev–Trinajstić information content (AvgIpc) is 2.42. The standard InChI is InChI=1S/C8H15NO/c1-2-9-3-7-5-10-6-8(7)4-9/h7-8H,2-6H2,1H3/t7-,8+. The van der Waals surface area contributed by atoms with E-state index in [-0.39, 0.29) is 0 Å².